The molecule has 0 aliphatic carbocycles. The standard InChI is InChI=1S/C16H27FN4O.HI/c1-12(11-22-5)20-16(18-2)19-10-15(21(3)4)13-6-8-14(17)9-7-13;/h6-9,12,15H,10-11H2,1-5H3,(H2,18,19,20);1H. The van der Waals surface area contributed by atoms with Crippen molar-refractivity contribution in [3.63, 3.8) is 0 Å². The molecule has 5 nitrogen and oxygen atoms in total. The van der Waals surface area contributed by atoms with Crippen molar-refractivity contribution in [2.24, 2.45) is 4.99 Å². The minimum Gasteiger partial charge on any atom is -0.383 e. The molecule has 0 aliphatic heterocycles. The van der Waals surface area contributed by atoms with E-state index in [1.807, 2.05) is 33.2 Å². The molecule has 1 aromatic carbocycles. The van der Waals surface area contributed by atoms with Gasteiger partial charge in [-0.25, -0.2) is 4.39 Å². The zero-order valence-corrected chi connectivity index (χ0v) is 16.8. The molecule has 0 amide bonds. The summed E-state index contributed by atoms with van der Waals surface area (Å²) < 4.78 is 18.2. The Hall–Kier alpha value is -0.930. The van der Waals surface area contributed by atoms with E-state index < -0.39 is 0 Å². The van der Waals surface area contributed by atoms with Gasteiger partial charge in [-0.05, 0) is 38.7 Å². The molecular weight excluding hydrogens is 410 g/mol. The highest BCUT2D eigenvalue weighted by molar-refractivity contribution is 14.0. The first-order chi connectivity index (χ1) is 10.5. The molecule has 2 N–H and O–H groups in total. The number of likely N-dealkylation sites (N-methyl/N-ethyl adjacent to an activating group) is 1. The topological polar surface area (TPSA) is 48.9 Å². The van der Waals surface area contributed by atoms with E-state index in [1.165, 1.54) is 12.1 Å². The van der Waals surface area contributed by atoms with E-state index in [9.17, 15) is 4.39 Å². The fourth-order valence-corrected chi connectivity index (χ4v) is 2.20. The number of ether oxygens (including phenoxy) is 1. The summed E-state index contributed by atoms with van der Waals surface area (Å²) >= 11 is 0. The van der Waals surface area contributed by atoms with Crippen molar-refractivity contribution in [3.05, 3.63) is 35.6 Å². The second-order valence-electron chi connectivity index (χ2n) is 5.48. The number of rotatable bonds is 7. The molecule has 0 aromatic heterocycles. The Bertz CT molecular complexity index is 468. The van der Waals surface area contributed by atoms with Gasteiger partial charge in [0.1, 0.15) is 5.82 Å². The predicted molar refractivity (Wildman–Crippen MR) is 104 cm³/mol. The van der Waals surface area contributed by atoms with Crippen LogP contribution in [0.3, 0.4) is 0 Å². The molecule has 0 spiro atoms. The number of halogens is 2. The van der Waals surface area contributed by atoms with Gasteiger partial charge in [-0.15, -0.1) is 24.0 Å². The second kappa shape index (κ2) is 11.6. The van der Waals surface area contributed by atoms with Crippen LogP contribution in [0.1, 0.15) is 18.5 Å². The second-order valence-corrected chi connectivity index (χ2v) is 5.48. The number of hydrogen-bond acceptors (Lipinski definition) is 3. The van der Waals surface area contributed by atoms with Crippen molar-refractivity contribution < 1.29 is 9.13 Å². The molecule has 1 aromatic rings. The van der Waals surface area contributed by atoms with E-state index >= 15 is 0 Å². The Balaban J connectivity index is 0.00000484. The molecule has 0 saturated heterocycles. The fraction of sp³-hybridized carbons (Fsp3) is 0.562. The van der Waals surface area contributed by atoms with E-state index in [0.29, 0.717) is 13.2 Å². The number of aliphatic imine (C=N–C) groups is 1. The van der Waals surface area contributed by atoms with Crippen LogP contribution < -0.4 is 10.6 Å². The van der Waals surface area contributed by atoms with Gasteiger partial charge < -0.3 is 20.3 Å². The first-order valence-electron chi connectivity index (χ1n) is 7.36. The minimum atomic E-state index is -0.222. The quantitative estimate of drug-likeness (QED) is 0.390. The van der Waals surface area contributed by atoms with Crippen molar-refractivity contribution in [3.8, 4) is 0 Å². The first kappa shape index (κ1) is 22.1. The molecule has 0 aliphatic rings. The molecule has 7 heteroatoms. The lowest BCUT2D eigenvalue weighted by Crippen LogP contribution is -2.46. The minimum absolute atomic E-state index is 0. The van der Waals surface area contributed by atoms with Gasteiger partial charge >= 0.3 is 0 Å². The Kier molecular flexibility index (Phi) is 11.1. The maximum absolute atomic E-state index is 13.1. The maximum Gasteiger partial charge on any atom is 0.191 e. The smallest absolute Gasteiger partial charge is 0.191 e. The molecule has 1 rings (SSSR count). The van der Waals surface area contributed by atoms with Crippen LogP contribution in [0.5, 0.6) is 0 Å². The Morgan fingerprint density at radius 2 is 1.91 bits per heavy atom. The highest BCUT2D eigenvalue weighted by Gasteiger charge is 2.15. The van der Waals surface area contributed by atoms with Gasteiger partial charge in [0.05, 0.1) is 12.6 Å². The Morgan fingerprint density at radius 3 is 2.39 bits per heavy atom. The molecule has 0 fully saturated rings. The zero-order chi connectivity index (χ0) is 16.5. The van der Waals surface area contributed by atoms with Crippen molar-refractivity contribution >= 4 is 29.9 Å². The maximum atomic E-state index is 13.1. The molecule has 0 saturated carbocycles. The summed E-state index contributed by atoms with van der Waals surface area (Å²) in [4.78, 5) is 6.30. The Morgan fingerprint density at radius 1 is 1.30 bits per heavy atom. The monoisotopic (exact) mass is 438 g/mol. The molecular formula is C16H28FIN4O. The average molecular weight is 438 g/mol. The highest BCUT2D eigenvalue weighted by Crippen LogP contribution is 2.17. The number of nitrogens with one attached hydrogen (secondary N) is 2. The molecule has 0 radical (unpaired) electrons. The lowest BCUT2D eigenvalue weighted by molar-refractivity contribution is 0.179. The fourth-order valence-electron chi connectivity index (χ4n) is 2.20. The third kappa shape index (κ3) is 7.94. The summed E-state index contributed by atoms with van der Waals surface area (Å²) in [6, 6.07) is 6.88. The number of hydrogen-bond donors (Lipinski definition) is 2. The Labute approximate surface area is 155 Å². The highest BCUT2D eigenvalue weighted by atomic mass is 127. The number of guanidine groups is 1. The largest absolute Gasteiger partial charge is 0.383 e. The molecule has 2 unspecified atom stereocenters. The summed E-state index contributed by atoms with van der Waals surface area (Å²) in [6.45, 7) is 3.30. The van der Waals surface area contributed by atoms with Crippen LogP contribution in [-0.2, 0) is 4.74 Å². The lowest BCUT2D eigenvalue weighted by atomic mass is 10.1. The average Bonchev–Trinajstić information content (AvgIpc) is 2.48. The zero-order valence-electron chi connectivity index (χ0n) is 14.5. The van der Waals surface area contributed by atoms with Gasteiger partial charge in [0.25, 0.3) is 0 Å². The molecule has 132 valence electrons. The lowest BCUT2D eigenvalue weighted by Gasteiger charge is -2.26. The van der Waals surface area contributed by atoms with Crippen LogP contribution in [-0.4, -0.2) is 58.3 Å². The van der Waals surface area contributed by atoms with E-state index in [1.54, 1.807) is 14.2 Å². The van der Waals surface area contributed by atoms with Gasteiger partial charge in [0.2, 0.25) is 0 Å². The van der Waals surface area contributed by atoms with E-state index in [-0.39, 0.29) is 41.9 Å². The summed E-state index contributed by atoms with van der Waals surface area (Å²) in [5.41, 5.74) is 1.05. The van der Waals surface area contributed by atoms with Crippen LogP contribution >= 0.6 is 24.0 Å². The normalized spacial score (nSPS) is 14.1. The van der Waals surface area contributed by atoms with E-state index in [0.717, 1.165) is 11.5 Å². The first-order valence-corrected chi connectivity index (χ1v) is 7.36. The van der Waals surface area contributed by atoms with Crippen molar-refractivity contribution in [2.75, 3.05) is 41.4 Å². The van der Waals surface area contributed by atoms with Crippen molar-refractivity contribution in [1.29, 1.82) is 0 Å². The molecule has 0 heterocycles. The van der Waals surface area contributed by atoms with Crippen LogP contribution in [0.2, 0.25) is 0 Å². The summed E-state index contributed by atoms with van der Waals surface area (Å²) in [5, 5.41) is 6.56. The summed E-state index contributed by atoms with van der Waals surface area (Å²) in [5.74, 6) is 0.499. The number of benzene rings is 1. The molecule has 2 atom stereocenters. The number of nitrogens with zero attached hydrogens (tertiary/aromatic N) is 2. The summed E-state index contributed by atoms with van der Waals surface area (Å²) in [6.07, 6.45) is 0. The van der Waals surface area contributed by atoms with Gasteiger partial charge in [-0.2, -0.15) is 0 Å². The molecule has 23 heavy (non-hydrogen) atoms. The third-order valence-corrected chi connectivity index (χ3v) is 3.36. The van der Waals surface area contributed by atoms with Crippen molar-refractivity contribution in [2.45, 2.75) is 19.0 Å². The third-order valence-electron chi connectivity index (χ3n) is 3.36. The van der Waals surface area contributed by atoms with Crippen LogP contribution in [0, 0.1) is 5.82 Å². The van der Waals surface area contributed by atoms with E-state index in [2.05, 4.69) is 20.5 Å². The van der Waals surface area contributed by atoms with Crippen LogP contribution in [0.15, 0.2) is 29.3 Å². The van der Waals surface area contributed by atoms with Crippen molar-refractivity contribution in [1.82, 2.24) is 15.5 Å². The number of methoxy groups -OCH3 is 1. The van der Waals surface area contributed by atoms with Crippen LogP contribution in [0.25, 0.3) is 0 Å². The molecule has 0 bridgehead atoms. The van der Waals surface area contributed by atoms with Gasteiger partial charge in [0.15, 0.2) is 5.96 Å². The summed E-state index contributed by atoms with van der Waals surface area (Å²) in [7, 11) is 7.40. The predicted octanol–water partition coefficient (Wildman–Crippen LogP) is 2.25. The van der Waals surface area contributed by atoms with Gasteiger partial charge in [-0.3, -0.25) is 4.99 Å². The van der Waals surface area contributed by atoms with Crippen LogP contribution in [0.4, 0.5) is 4.39 Å². The van der Waals surface area contributed by atoms with Gasteiger partial charge in [0, 0.05) is 26.7 Å². The van der Waals surface area contributed by atoms with Gasteiger partial charge in [-0.1, -0.05) is 12.1 Å². The SMILES string of the molecule is CN=C(NCC(c1ccc(F)cc1)N(C)C)NC(C)COC.I. The van der Waals surface area contributed by atoms with E-state index in [4.69, 9.17) is 4.74 Å².